The zero-order chi connectivity index (χ0) is 18.1. The third-order valence-electron chi connectivity index (χ3n) is 4.14. The van der Waals surface area contributed by atoms with E-state index in [1.54, 1.807) is 4.57 Å². The summed E-state index contributed by atoms with van der Waals surface area (Å²) >= 11 is 0. The number of morpholine rings is 1. The van der Waals surface area contributed by atoms with Crippen molar-refractivity contribution in [2.24, 2.45) is 5.73 Å². The van der Waals surface area contributed by atoms with Gasteiger partial charge in [0.25, 0.3) is 11.6 Å². The molecule has 0 aliphatic carbocycles. The molecule has 3 rings (SSSR count). The molecule has 2 aromatic heterocycles. The maximum Gasteiger partial charge on any atom is 0.288 e. The van der Waals surface area contributed by atoms with Crippen molar-refractivity contribution in [1.29, 1.82) is 0 Å². The fourth-order valence-electron chi connectivity index (χ4n) is 3.03. The summed E-state index contributed by atoms with van der Waals surface area (Å²) in [7, 11) is 0. The summed E-state index contributed by atoms with van der Waals surface area (Å²) in [6, 6.07) is 1.13. The van der Waals surface area contributed by atoms with E-state index in [-0.39, 0.29) is 22.3 Å². The van der Waals surface area contributed by atoms with Crippen LogP contribution < -0.4 is 16.1 Å². The third-order valence-corrected chi connectivity index (χ3v) is 4.14. The van der Waals surface area contributed by atoms with Gasteiger partial charge in [-0.2, -0.15) is 0 Å². The number of rotatable bonds is 4. The number of pyridine rings is 2. The molecule has 132 valence electrons. The smallest absolute Gasteiger partial charge is 0.288 e. The van der Waals surface area contributed by atoms with Gasteiger partial charge in [-0.15, -0.1) is 0 Å². The van der Waals surface area contributed by atoms with Crippen LogP contribution >= 0.6 is 0 Å². The maximum absolute atomic E-state index is 12.8. The van der Waals surface area contributed by atoms with E-state index < -0.39 is 16.3 Å². The van der Waals surface area contributed by atoms with E-state index >= 15 is 0 Å². The summed E-state index contributed by atoms with van der Waals surface area (Å²) in [5.41, 5.74) is 4.60. The number of nitrogens with zero attached hydrogens (tertiary/aromatic N) is 4. The summed E-state index contributed by atoms with van der Waals surface area (Å²) < 4.78 is 7.01. The molecule has 0 atom stereocenters. The number of fused-ring (bicyclic) bond motifs is 1. The molecular weight excluding hydrogens is 330 g/mol. The van der Waals surface area contributed by atoms with Gasteiger partial charge in [0.2, 0.25) is 5.43 Å². The van der Waals surface area contributed by atoms with Crippen molar-refractivity contribution in [3.63, 3.8) is 0 Å². The average Bonchev–Trinajstić information content (AvgIpc) is 2.61. The van der Waals surface area contributed by atoms with Gasteiger partial charge in [0, 0.05) is 25.7 Å². The Balaban J connectivity index is 2.39. The first-order valence-electron chi connectivity index (χ1n) is 7.79. The fraction of sp³-hybridized carbons (Fsp3) is 0.400. The number of ether oxygens (including phenoxy) is 1. The topological polar surface area (TPSA) is 134 Å². The van der Waals surface area contributed by atoms with Crippen molar-refractivity contribution in [1.82, 2.24) is 9.55 Å². The number of nitro groups is 1. The molecule has 10 heteroatoms. The number of aromatic nitrogens is 2. The molecule has 1 saturated heterocycles. The standard InChI is InChI=1S/C15H17N5O5/c1-2-19-14-10(7-9(8-17-14)20(23)24)12(21)11(13(16)22)15(19)18-3-5-25-6-4-18/h7-8H,2-6H2,1H3,(H2,16,22). The predicted octanol–water partition coefficient (Wildman–Crippen LogP) is 0.260. The van der Waals surface area contributed by atoms with Gasteiger partial charge in [-0.1, -0.05) is 0 Å². The monoisotopic (exact) mass is 347 g/mol. The largest absolute Gasteiger partial charge is 0.378 e. The van der Waals surface area contributed by atoms with Crippen LogP contribution in [0.1, 0.15) is 17.3 Å². The molecular formula is C15H17N5O5. The van der Waals surface area contributed by atoms with Crippen LogP contribution in [0.15, 0.2) is 17.1 Å². The Kier molecular flexibility index (Phi) is 4.36. The van der Waals surface area contributed by atoms with Crippen molar-refractivity contribution in [2.45, 2.75) is 13.5 Å². The van der Waals surface area contributed by atoms with E-state index in [1.807, 2.05) is 11.8 Å². The summed E-state index contributed by atoms with van der Waals surface area (Å²) in [5, 5.41) is 11.0. The van der Waals surface area contributed by atoms with Gasteiger partial charge in [-0.3, -0.25) is 19.7 Å². The number of nitrogens with two attached hydrogens (primary N) is 1. The number of anilines is 1. The minimum absolute atomic E-state index is 0.00172. The first-order valence-corrected chi connectivity index (χ1v) is 7.79. The molecule has 25 heavy (non-hydrogen) atoms. The van der Waals surface area contributed by atoms with Gasteiger partial charge in [0.1, 0.15) is 23.2 Å². The Bertz CT molecular complexity index is 917. The van der Waals surface area contributed by atoms with Gasteiger partial charge in [0.15, 0.2) is 0 Å². The average molecular weight is 347 g/mol. The van der Waals surface area contributed by atoms with E-state index in [0.717, 1.165) is 12.3 Å². The number of primary amides is 1. The quantitative estimate of drug-likeness (QED) is 0.619. The van der Waals surface area contributed by atoms with Crippen LogP contribution in [0.4, 0.5) is 11.5 Å². The van der Waals surface area contributed by atoms with E-state index in [2.05, 4.69) is 4.98 Å². The Morgan fingerprint density at radius 2 is 2.12 bits per heavy atom. The van der Waals surface area contributed by atoms with Crippen molar-refractivity contribution in [2.75, 3.05) is 31.2 Å². The van der Waals surface area contributed by atoms with Crippen LogP contribution in [0, 0.1) is 10.1 Å². The second kappa shape index (κ2) is 6.48. The second-order valence-electron chi connectivity index (χ2n) is 5.56. The fourth-order valence-corrected chi connectivity index (χ4v) is 3.03. The lowest BCUT2D eigenvalue weighted by Gasteiger charge is -2.32. The molecule has 2 aromatic rings. The zero-order valence-electron chi connectivity index (χ0n) is 13.6. The zero-order valence-corrected chi connectivity index (χ0v) is 13.6. The first-order chi connectivity index (χ1) is 12.0. The lowest BCUT2D eigenvalue weighted by molar-refractivity contribution is -0.385. The molecule has 0 unspecified atom stereocenters. The second-order valence-corrected chi connectivity index (χ2v) is 5.56. The number of hydrogen-bond donors (Lipinski definition) is 1. The molecule has 0 saturated carbocycles. The van der Waals surface area contributed by atoms with Gasteiger partial charge in [-0.05, 0) is 6.92 Å². The minimum atomic E-state index is -0.873. The van der Waals surface area contributed by atoms with Crippen molar-refractivity contribution in [3.05, 3.63) is 38.2 Å². The van der Waals surface area contributed by atoms with Gasteiger partial charge in [-0.25, -0.2) is 4.98 Å². The molecule has 2 N–H and O–H groups in total. The highest BCUT2D eigenvalue weighted by Crippen LogP contribution is 2.26. The van der Waals surface area contributed by atoms with Crippen LogP contribution in [0.2, 0.25) is 0 Å². The first kappa shape index (κ1) is 16.8. The van der Waals surface area contributed by atoms with Gasteiger partial charge >= 0.3 is 0 Å². The molecule has 0 spiro atoms. The van der Waals surface area contributed by atoms with Crippen LogP contribution in [0.25, 0.3) is 11.0 Å². The minimum Gasteiger partial charge on any atom is -0.378 e. The van der Waals surface area contributed by atoms with Crippen LogP contribution in [-0.2, 0) is 11.3 Å². The van der Waals surface area contributed by atoms with Gasteiger partial charge in [0.05, 0.1) is 23.5 Å². The Hall–Kier alpha value is -3.01. The number of carbonyl (C=O) groups excluding carboxylic acids is 1. The maximum atomic E-state index is 12.8. The number of aryl methyl sites for hydroxylation is 1. The highest BCUT2D eigenvalue weighted by Gasteiger charge is 2.27. The molecule has 10 nitrogen and oxygen atoms in total. The van der Waals surface area contributed by atoms with E-state index in [0.29, 0.717) is 38.7 Å². The lowest BCUT2D eigenvalue weighted by Crippen LogP contribution is -2.41. The Morgan fingerprint density at radius 3 is 2.68 bits per heavy atom. The molecule has 3 heterocycles. The van der Waals surface area contributed by atoms with Crippen molar-refractivity contribution in [3.8, 4) is 0 Å². The molecule has 1 aliphatic rings. The number of amides is 1. The highest BCUT2D eigenvalue weighted by molar-refractivity contribution is 6.01. The summed E-state index contributed by atoms with van der Waals surface area (Å²) in [4.78, 5) is 41.2. The molecule has 0 radical (unpaired) electrons. The lowest BCUT2D eigenvalue weighted by atomic mass is 10.1. The Morgan fingerprint density at radius 1 is 1.44 bits per heavy atom. The predicted molar refractivity (Wildman–Crippen MR) is 89.9 cm³/mol. The van der Waals surface area contributed by atoms with Crippen LogP contribution in [0.5, 0.6) is 0 Å². The number of carbonyl (C=O) groups is 1. The van der Waals surface area contributed by atoms with E-state index in [1.165, 1.54) is 0 Å². The highest BCUT2D eigenvalue weighted by atomic mass is 16.6. The summed E-state index contributed by atoms with van der Waals surface area (Å²) in [5.74, 6) is -0.487. The van der Waals surface area contributed by atoms with E-state index in [4.69, 9.17) is 10.5 Å². The summed E-state index contributed by atoms with van der Waals surface area (Å²) in [6.45, 7) is 4.16. The Labute approximate surface area is 142 Å². The van der Waals surface area contributed by atoms with Crippen LogP contribution in [0.3, 0.4) is 0 Å². The molecule has 1 aliphatic heterocycles. The van der Waals surface area contributed by atoms with Crippen molar-refractivity contribution >= 4 is 28.4 Å². The normalized spacial score (nSPS) is 14.7. The van der Waals surface area contributed by atoms with Gasteiger partial charge < -0.3 is 19.9 Å². The SMILES string of the molecule is CCn1c(N2CCOCC2)c(C(N)=O)c(=O)c2cc([N+](=O)[O-])cnc21. The molecule has 0 bridgehead atoms. The van der Waals surface area contributed by atoms with E-state index in [9.17, 15) is 19.7 Å². The summed E-state index contributed by atoms with van der Waals surface area (Å²) in [6.07, 6.45) is 1.10. The number of hydrogen-bond acceptors (Lipinski definition) is 7. The van der Waals surface area contributed by atoms with Crippen molar-refractivity contribution < 1.29 is 14.5 Å². The van der Waals surface area contributed by atoms with Crippen LogP contribution in [-0.4, -0.2) is 46.7 Å². The molecule has 1 amide bonds. The third kappa shape index (κ3) is 2.80. The molecule has 1 fully saturated rings. The molecule has 0 aromatic carbocycles.